The van der Waals surface area contributed by atoms with Crippen molar-refractivity contribution < 1.29 is 4.39 Å². The SMILES string of the molecule is Cc1ccc2nc(CSc3nnc(-c4ccc(F)cc4)n3C)cn2c1. The van der Waals surface area contributed by atoms with Crippen LogP contribution in [0.15, 0.2) is 53.9 Å². The summed E-state index contributed by atoms with van der Waals surface area (Å²) in [6.45, 7) is 2.06. The molecule has 0 aliphatic carbocycles. The Labute approximate surface area is 148 Å². The van der Waals surface area contributed by atoms with Gasteiger partial charge >= 0.3 is 0 Å². The van der Waals surface area contributed by atoms with E-state index in [2.05, 4.69) is 34.4 Å². The number of pyridine rings is 1. The predicted molar refractivity (Wildman–Crippen MR) is 95.9 cm³/mol. The van der Waals surface area contributed by atoms with Crippen LogP contribution in [0.3, 0.4) is 0 Å². The van der Waals surface area contributed by atoms with E-state index < -0.39 is 0 Å². The molecule has 1 aromatic carbocycles. The first-order valence-corrected chi connectivity index (χ1v) is 8.81. The van der Waals surface area contributed by atoms with Gasteiger partial charge in [-0.1, -0.05) is 17.8 Å². The van der Waals surface area contributed by atoms with Crippen LogP contribution in [0.25, 0.3) is 17.0 Å². The fourth-order valence-corrected chi connectivity index (χ4v) is 3.45. The van der Waals surface area contributed by atoms with Crippen molar-refractivity contribution in [2.75, 3.05) is 0 Å². The average molecular weight is 353 g/mol. The number of fused-ring (bicyclic) bond motifs is 1. The summed E-state index contributed by atoms with van der Waals surface area (Å²) in [6.07, 6.45) is 4.10. The van der Waals surface area contributed by atoms with Gasteiger partial charge in [-0.15, -0.1) is 10.2 Å². The third-order valence-corrected chi connectivity index (χ3v) is 4.99. The number of hydrogen-bond acceptors (Lipinski definition) is 4. The largest absolute Gasteiger partial charge is 0.307 e. The van der Waals surface area contributed by atoms with Gasteiger partial charge in [-0.3, -0.25) is 0 Å². The van der Waals surface area contributed by atoms with Crippen LogP contribution in [0.5, 0.6) is 0 Å². The molecule has 3 aromatic heterocycles. The molecule has 126 valence electrons. The Morgan fingerprint density at radius 2 is 1.84 bits per heavy atom. The van der Waals surface area contributed by atoms with Gasteiger partial charge in [-0.2, -0.15) is 0 Å². The minimum Gasteiger partial charge on any atom is -0.307 e. The van der Waals surface area contributed by atoms with E-state index in [9.17, 15) is 4.39 Å². The Kier molecular flexibility index (Phi) is 4.01. The first kappa shape index (κ1) is 15.8. The Morgan fingerprint density at radius 1 is 1.04 bits per heavy atom. The highest BCUT2D eigenvalue weighted by atomic mass is 32.2. The van der Waals surface area contributed by atoms with Gasteiger partial charge in [-0.25, -0.2) is 9.37 Å². The summed E-state index contributed by atoms with van der Waals surface area (Å²) in [5, 5.41) is 9.27. The van der Waals surface area contributed by atoms with Gasteiger partial charge in [0.15, 0.2) is 11.0 Å². The second-order valence-electron chi connectivity index (χ2n) is 5.86. The smallest absolute Gasteiger partial charge is 0.191 e. The highest BCUT2D eigenvalue weighted by Crippen LogP contribution is 2.25. The lowest BCUT2D eigenvalue weighted by atomic mass is 10.2. The number of aryl methyl sites for hydroxylation is 1. The zero-order chi connectivity index (χ0) is 17.4. The highest BCUT2D eigenvalue weighted by Gasteiger charge is 2.12. The van der Waals surface area contributed by atoms with Crippen LogP contribution < -0.4 is 0 Å². The minimum absolute atomic E-state index is 0.261. The number of hydrogen-bond donors (Lipinski definition) is 0. The van der Waals surface area contributed by atoms with E-state index in [1.54, 1.807) is 23.9 Å². The van der Waals surface area contributed by atoms with Crippen molar-refractivity contribution in [3.05, 3.63) is 65.9 Å². The monoisotopic (exact) mass is 353 g/mol. The van der Waals surface area contributed by atoms with E-state index >= 15 is 0 Å². The van der Waals surface area contributed by atoms with E-state index in [1.165, 1.54) is 17.7 Å². The van der Waals surface area contributed by atoms with Crippen LogP contribution in [0.2, 0.25) is 0 Å². The molecule has 0 radical (unpaired) electrons. The summed E-state index contributed by atoms with van der Waals surface area (Å²) >= 11 is 1.58. The summed E-state index contributed by atoms with van der Waals surface area (Å²) in [5.41, 5.74) is 3.96. The van der Waals surface area contributed by atoms with Gasteiger partial charge in [0.25, 0.3) is 0 Å². The fourth-order valence-electron chi connectivity index (χ4n) is 2.65. The van der Waals surface area contributed by atoms with Crippen LogP contribution in [-0.4, -0.2) is 24.1 Å². The molecule has 3 heterocycles. The summed E-state index contributed by atoms with van der Waals surface area (Å²) in [6, 6.07) is 10.3. The number of imidazole rings is 1. The lowest BCUT2D eigenvalue weighted by Crippen LogP contribution is -1.95. The van der Waals surface area contributed by atoms with Gasteiger partial charge in [-0.05, 0) is 42.8 Å². The number of nitrogens with zero attached hydrogens (tertiary/aromatic N) is 5. The summed E-state index contributed by atoms with van der Waals surface area (Å²) in [5.74, 6) is 1.16. The zero-order valence-electron chi connectivity index (χ0n) is 13.8. The van der Waals surface area contributed by atoms with E-state index in [-0.39, 0.29) is 5.82 Å². The molecule has 4 aromatic rings. The summed E-state index contributed by atoms with van der Waals surface area (Å²) < 4.78 is 17.0. The molecule has 0 unspecified atom stereocenters. The van der Waals surface area contributed by atoms with Crippen LogP contribution >= 0.6 is 11.8 Å². The van der Waals surface area contributed by atoms with Crippen molar-refractivity contribution >= 4 is 17.4 Å². The summed E-state index contributed by atoms with van der Waals surface area (Å²) in [4.78, 5) is 4.62. The van der Waals surface area contributed by atoms with Crippen LogP contribution in [0.1, 0.15) is 11.3 Å². The molecule has 0 atom stereocenters. The average Bonchev–Trinajstić information content (AvgIpc) is 3.16. The van der Waals surface area contributed by atoms with Gasteiger partial charge in [0.1, 0.15) is 11.5 Å². The topological polar surface area (TPSA) is 48.0 Å². The first-order chi connectivity index (χ1) is 12.1. The Morgan fingerprint density at radius 3 is 2.64 bits per heavy atom. The minimum atomic E-state index is -0.261. The number of benzene rings is 1. The van der Waals surface area contributed by atoms with Crippen molar-refractivity contribution in [1.29, 1.82) is 0 Å². The number of rotatable bonds is 4. The molecule has 0 saturated carbocycles. The molecule has 0 amide bonds. The first-order valence-electron chi connectivity index (χ1n) is 7.82. The van der Waals surface area contributed by atoms with E-state index in [0.29, 0.717) is 11.6 Å². The summed E-state index contributed by atoms with van der Waals surface area (Å²) in [7, 11) is 1.91. The Bertz CT molecular complexity index is 1040. The second-order valence-corrected chi connectivity index (χ2v) is 6.81. The van der Waals surface area contributed by atoms with E-state index in [4.69, 9.17) is 0 Å². The number of thioether (sulfide) groups is 1. The standard InChI is InChI=1S/C18H16FN5S/c1-12-3-8-16-20-15(10-24(16)9-12)11-25-18-22-21-17(23(18)2)13-4-6-14(19)7-5-13/h3-10H,11H2,1-2H3. The van der Waals surface area contributed by atoms with Gasteiger partial charge in [0, 0.05) is 30.8 Å². The van der Waals surface area contributed by atoms with Crippen LogP contribution in [-0.2, 0) is 12.8 Å². The van der Waals surface area contributed by atoms with Crippen molar-refractivity contribution in [1.82, 2.24) is 24.1 Å². The molecule has 5 nitrogen and oxygen atoms in total. The van der Waals surface area contributed by atoms with Crippen LogP contribution in [0.4, 0.5) is 4.39 Å². The lowest BCUT2D eigenvalue weighted by Gasteiger charge is -2.03. The highest BCUT2D eigenvalue weighted by molar-refractivity contribution is 7.98. The molecular weight excluding hydrogens is 337 g/mol. The molecule has 25 heavy (non-hydrogen) atoms. The maximum Gasteiger partial charge on any atom is 0.191 e. The molecular formula is C18H16FN5S. The van der Waals surface area contributed by atoms with Crippen molar-refractivity contribution in [3.63, 3.8) is 0 Å². The Hall–Kier alpha value is -2.67. The number of aromatic nitrogens is 5. The van der Waals surface area contributed by atoms with Gasteiger partial charge < -0.3 is 8.97 Å². The fraction of sp³-hybridized carbons (Fsp3) is 0.167. The van der Waals surface area contributed by atoms with Gasteiger partial charge in [0.2, 0.25) is 0 Å². The maximum atomic E-state index is 13.1. The number of halogens is 1. The Balaban J connectivity index is 1.53. The van der Waals surface area contributed by atoms with Crippen molar-refractivity contribution in [3.8, 4) is 11.4 Å². The molecule has 0 bridgehead atoms. The zero-order valence-corrected chi connectivity index (χ0v) is 14.7. The molecule has 7 heteroatoms. The molecule has 4 rings (SSSR count). The molecule has 0 aliphatic rings. The molecule has 0 spiro atoms. The van der Waals surface area contributed by atoms with Crippen LogP contribution in [0, 0.1) is 12.7 Å². The lowest BCUT2D eigenvalue weighted by molar-refractivity contribution is 0.628. The third-order valence-electron chi connectivity index (χ3n) is 3.94. The molecule has 0 fully saturated rings. The van der Waals surface area contributed by atoms with Crippen molar-refractivity contribution in [2.24, 2.45) is 7.05 Å². The van der Waals surface area contributed by atoms with E-state index in [0.717, 1.165) is 22.1 Å². The quantitative estimate of drug-likeness (QED) is 0.523. The second kappa shape index (κ2) is 6.33. The maximum absolute atomic E-state index is 13.1. The predicted octanol–water partition coefficient (Wildman–Crippen LogP) is 3.87. The normalized spacial score (nSPS) is 11.3. The van der Waals surface area contributed by atoms with Crippen molar-refractivity contribution in [2.45, 2.75) is 17.8 Å². The van der Waals surface area contributed by atoms with Gasteiger partial charge in [0.05, 0.1) is 5.69 Å². The molecule has 0 saturated heterocycles. The molecule has 0 N–H and O–H groups in total. The third kappa shape index (κ3) is 3.15. The molecule has 0 aliphatic heterocycles. The van der Waals surface area contributed by atoms with E-state index in [1.807, 2.05) is 28.3 Å².